The number of allylic oxidation sites excluding steroid dienone is 1. The molecule has 0 spiro atoms. The summed E-state index contributed by atoms with van der Waals surface area (Å²) in [6, 6.07) is 11.3. The molecule has 0 amide bonds. The van der Waals surface area contributed by atoms with Crippen LogP contribution in [0, 0.1) is 28.1 Å². The van der Waals surface area contributed by atoms with Crippen LogP contribution in [-0.4, -0.2) is 5.11 Å². The van der Waals surface area contributed by atoms with Gasteiger partial charge < -0.3 is 10.6 Å². The van der Waals surface area contributed by atoms with Crippen molar-refractivity contribution in [3.05, 3.63) is 46.7 Å². The number of nitrogens with one attached hydrogen (secondary N) is 2. The van der Waals surface area contributed by atoms with Gasteiger partial charge in [-0.25, -0.2) is 0 Å². The minimum Gasteiger partial charge on any atom is -0.351 e. The average molecular weight is 296 g/mol. The van der Waals surface area contributed by atoms with Gasteiger partial charge in [0.2, 0.25) is 0 Å². The van der Waals surface area contributed by atoms with Crippen LogP contribution in [-0.2, 0) is 0 Å². The lowest BCUT2D eigenvalue weighted by atomic mass is 9.84. The zero-order valence-electron chi connectivity index (χ0n) is 12.2. The number of rotatable bonds is 1. The number of hydrogen-bond acceptors (Lipinski definition) is 3. The molecule has 2 rings (SSSR count). The van der Waals surface area contributed by atoms with Crippen LogP contribution in [0.5, 0.6) is 0 Å². The summed E-state index contributed by atoms with van der Waals surface area (Å²) in [5.74, 6) is 0. The lowest BCUT2D eigenvalue weighted by molar-refractivity contribution is 0.462. The van der Waals surface area contributed by atoms with Crippen LogP contribution in [0.1, 0.15) is 37.9 Å². The monoisotopic (exact) mass is 296 g/mol. The third-order valence-corrected chi connectivity index (χ3v) is 3.54. The van der Waals surface area contributed by atoms with Crippen LogP contribution in [0.3, 0.4) is 0 Å². The second kappa shape index (κ2) is 5.55. The Morgan fingerprint density at radius 3 is 2.19 bits per heavy atom. The van der Waals surface area contributed by atoms with Crippen molar-refractivity contribution in [1.29, 1.82) is 10.5 Å². The third kappa shape index (κ3) is 3.04. The fraction of sp³-hybridized carbons (Fsp3) is 0.312. The predicted octanol–water partition coefficient (Wildman–Crippen LogP) is 2.90. The predicted molar refractivity (Wildman–Crippen MR) is 84.9 cm³/mol. The van der Waals surface area contributed by atoms with Crippen molar-refractivity contribution in [3.8, 4) is 12.1 Å². The fourth-order valence-corrected chi connectivity index (χ4v) is 2.50. The Morgan fingerprint density at radius 2 is 1.71 bits per heavy atom. The fourth-order valence-electron chi connectivity index (χ4n) is 2.28. The van der Waals surface area contributed by atoms with Gasteiger partial charge in [-0.15, -0.1) is 0 Å². The molecule has 0 aromatic heterocycles. The van der Waals surface area contributed by atoms with Gasteiger partial charge in [0.05, 0.1) is 29.3 Å². The zero-order chi connectivity index (χ0) is 15.6. The molecule has 106 valence electrons. The van der Waals surface area contributed by atoms with E-state index in [1.54, 1.807) is 12.1 Å². The summed E-state index contributed by atoms with van der Waals surface area (Å²) < 4.78 is 0. The summed E-state index contributed by atoms with van der Waals surface area (Å²) in [7, 11) is 0. The first-order chi connectivity index (χ1) is 9.86. The Morgan fingerprint density at radius 1 is 1.10 bits per heavy atom. The molecule has 0 saturated carbocycles. The maximum atomic E-state index is 9.56. The second-order valence-electron chi connectivity index (χ2n) is 5.92. The Balaban J connectivity index is 2.53. The van der Waals surface area contributed by atoms with Crippen molar-refractivity contribution in [3.63, 3.8) is 0 Å². The maximum absolute atomic E-state index is 9.56. The molecule has 1 atom stereocenters. The van der Waals surface area contributed by atoms with E-state index in [9.17, 15) is 5.26 Å². The molecule has 21 heavy (non-hydrogen) atoms. The summed E-state index contributed by atoms with van der Waals surface area (Å²) in [6.45, 7) is 6.11. The molecule has 0 radical (unpaired) electrons. The van der Waals surface area contributed by atoms with E-state index >= 15 is 0 Å². The molecular weight excluding hydrogens is 280 g/mol. The van der Waals surface area contributed by atoms with E-state index in [-0.39, 0.29) is 11.5 Å². The molecule has 0 fully saturated rings. The van der Waals surface area contributed by atoms with Gasteiger partial charge in [-0.05, 0) is 29.9 Å². The number of benzene rings is 1. The number of thiocarbonyl (C=S) groups is 1. The first kappa shape index (κ1) is 15.0. The van der Waals surface area contributed by atoms with Crippen LogP contribution >= 0.6 is 12.2 Å². The lowest BCUT2D eigenvalue weighted by Crippen LogP contribution is -2.46. The van der Waals surface area contributed by atoms with Crippen molar-refractivity contribution in [1.82, 2.24) is 10.6 Å². The first-order valence-corrected chi connectivity index (χ1v) is 7.00. The van der Waals surface area contributed by atoms with E-state index < -0.39 is 0 Å². The molecule has 0 aliphatic carbocycles. The molecule has 0 saturated heterocycles. The van der Waals surface area contributed by atoms with E-state index in [0.717, 1.165) is 11.3 Å². The third-order valence-electron chi connectivity index (χ3n) is 3.32. The minimum absolute atomic E-state index is 0.206. The molecular formula is C16H16N4S. The molecule has 1 aliphatic rings. The van der Waals surface area contributed by atoms with Crippen LogP contribution in [0.25, 0.3) is 0 Å². The summed E-state index contributed by atoms with van der Waals surface area (Å²) in [5.41, 5.74) is 2.76. The highest BCUT2D eigenvalue weighted by atomic mass is 32.1. The topological polar surface area (TPSA) is 71.6 Å². The van der Waals surface area contributed by atoms with E-state index in [1.165, 1.54) is 0 Å². The second-order valence-corrected chi connectivity index (χ2v) is 6.32. The molecule has 1 aromatic rings. The van der Waals surface area contributed by atoms with Gasteiger partial charge in [0.15, 0.2) is 5.11 Å². The van der Waals surface area contributed by atoms with Crippen molar-refractivity contribution in [2.24, 2.45) is 5.41 Å². The van der Waals surface area contributed by atoms with Gasteiger partial charge in [-0.1, -0.05) is 32.9 Å². The van der Waals surface area contributed by atoms with Crippen LogP contribution in [0.15, 0.2) is 35.5 Å². The SMILES string of the molecule is CC(C)(C)C1=C(C#N)[C@H](c2ccc(C#N)cc2)NC(=S)N1. The molecule has 0 unspecified atom stereocenters. The van der Waals surface area contributed by atoms with E-state index in [2.05, 4.69) is 22.8 Å². The van der Waals surface area contributed by atoms with Gasteiger partial charge in [0.25, 0.3) is 0 Å². The van der Waals surface area contributed by atoms with Crippen molar-refractivity contribution < 1.29 is 0 Å². The minimum atomic E-state index is -0.286. The lowest BCUT2D eigenvalue weighted by Gasteiger charge is -2.34. The average Bonchev–Trinajstić information content (AvgIpc) is 2.45. The molecule has 1 aromatic carbocycles. The highest BCUT2D eigenvalue weighted by Crippen LogP contribution is 2.34. The molecule has 1 aliphatic heterocycles. The molecule has 0 bridgehead atoms. The standard InChI is InChI=1S/C16H16N4S/c1-16(2,3)14-12(9-18)13(19-15(21)20-14)11-6-4-10(8-17)5-7-11/h4-7,13H,1-3H3,(H2,19,20,21)/t13-/m0/s1. The summed E-state index contributed by atoms with van der Waals surface area (Å²) in [4.78, 5) is 0. The highest BCUT2D eigenvalue weighted by molar-refractivity contribution is 7.80. The van der Waals surface area contributed by atoms with E-state index in [1.807, 2.05) is 32.9 Å². The van der Waals surface area contributed by atoms with Crippen LogP contribution in [0.4, 0.5) is 0 Å². The summed E-state index contributed by atoms with van der Waals surface area (Å²) in [6.07, 6.45) is 0. The molecule has 4 nitrogen and oxygen atoms in total. The van der Waals surface area contributed by atoms with Crippen LogP contribution in [0.2, 0.25) is 0 Å². The smallest absolute Gasteiger partial charge is 0.171 e. The summed E-state index contributed by atoms with van der Waals surface area (Å²) in [5, 5.41) is 25.2. The quantitative estimate of drug-likeness (QED) is 0.780. The largest absolute Gasteiger partial charge is 0.351 e. The van der Waals surface area contributed by atoms with Crippen molar-refractivity contribution in [2.75, 3.05) is 0 Å². The molecule has 2 N–H and O–H groups in total. The Hall–Kier alpha value is -2.37. The first-order valence-electron chi connectivity index (χ1n) is 6.59. The van der Waals surface area contributed by atoms with Gasteiger partial charge >= 0.3 is 0 Å². The van der Waals surface area contributed by atoms with Crippen molar-refractivity contribution in [2.45, 2.75) is 26.8 Å². The maximum Gasteiger partial charge on any atom is 0.171 e. The Kier molecular flexibility index (Phi) is 3.97. The van der Waals surface area contributed by atoms with Gasteiger partial charge in [0, 0.05) is 11.1 Å². The van der Waals surface area contributed by atoms with E-state index in [4.69, 9.17) is 17.5 Å². The van der Waals surface area contributed by atoms with E-state index in [0.29, 0.717) is 16.2 Å². The normalized spacial score (nSPS) is 18.3. The Labute approximate surface area is 130 Å². The highest BCUT2D eigenvalue weighted by Gasteiger charge is 2.32. The summed E-state index contributed by atoms with van der Waals surface area (Å²) >= 11 is 5.26. The zero-order valence-corrected chi connectivity index (χ0v) is 13.0. The molecule has 5 heteroatoms. The number of nitriles is 2. The Bertz CT molecular complexity index is 681. The molecule has 1 heterocycles. The van der Waals surface area contributed by atoms with Crippen LogP contribution < -0.4 is 10.6 Å². The van der Waals surface area contributed by atoms with Gasteiger partial charge in [-0.3, -0.25) is 0 Å². The number of nitrogens with zero attached hydrogens (tertiary/aromatic N) is 2. The van der Waals surface area contributed by atoms with Gasteiger partial charge in [0.1, 0.15) is 0 Å². The number of hydrogen-bond donors (Lipinski definition) is 2. The van der Waals surface area contributed by atoms with Gasteiger partial charge in [-0.2, -0.15) is 10.5 Å². The van der Waals surface area contributed by atoms with Crippen molar-refractivity contribution >= 4 is 17.3 Å².